The van der Waals surface area contributed by atoms with Crippen LogP contribution >= 0.6 is 0 Å². The van der Waals surface area contributed by atoms with E-state index < -0.39 is 6.08 Å². The lowest BCUT2D eigenvalue weighted by atomic mass is 9.84. The minimum Gasteiger partial charge on any atom is -0.174 e. The van der Waals surface area contributed by atoms with Gasteiger partial charge in [0.15, 0.2) is 0 Å². The highest BCUT2D eigenvalue weighted by molar-refractivity contribution is 4.94. The Morgan fingerprint density at radius 1 is 1.36 bits per heavy atom. The van der Waals surface area contributed by atoms with E-state index in [2.05, 4.69) is 0 Å². The molecule has 0 N–H and O–H groups in total. The molecule has 0 atom stereocenters. The SMILES string of the molecule is CC(C)CC(C)(C)C=C(F)F. The molecule has 2 heteroatoms. The molecule has 0 fully saturated rings. The quantitative estimate of drug-likeness (QED) is 0.591. The normalized spacial score (nSPS) is 11.9. The standard InChI is InChI=1S/C9H16F2/c1-7(2)5-9(3,4)6-8(10)11/h6-7H,5H2,1-4H3. The van der Waals surface area contributed by atoms with Crippen LogP contribution in [-0.4, -0.2) is 0 Å². The second-order valence-electron chi connectivity index (χ2n) is 4.02. The van der Waals surface area contributed by atoms with Gasteiger partial charge in [0.2, 0.25) is 0 Å². The fourth-order valence-electron chi connectivity index (χ4n) is 1.41. The fraction of sp³-hybridized carbons (Fsp3) is 0.778. The largest absolute Gasteiger partial charge is 0.266 e. The molecule has 0 heterocycles. The molecule has 0 aliphatic heterocycles. The highest BCUT2D eigenvalue weighted by atomic mass is 19.3. The van der Waals surface area contributed by atoms with E-state index >= 15 is 0 Å². The van der Waals surface area contributed by atoms with Gasteiger partial charge in [-0.15, -0.1) is 0 Å². The van der Waals surface area contributed by atoms with E-state index in [1.807, 2.05) is 27.7 Å². The molecule has 0 aliphatic carbocycles. The van der Waals surface area contributed by atoms with Crippen molar-refractivity contribution in [2.75, 3.05) is 0 Å². The monoisotopic (exact) mass is 162 g/mol. The van der Waals surface area contributed by atoms with Gasteiger partial charge < -0.3 is 0 Å². The topological polar surface area (TPSA) is 0 Å². The maximum absolute atomic E-state index is 11.8. The van der Waals surface area contributed by atoms with Crippen molar-refractivity contribution >= 4 is 0 Å². The van der Waals surface area contributed by atoms with Gasteiger partial charge in [-0.25, -0.2) is 0 Å². The molecule has 66 valence electrons. The molecular formula is C9H16F2. The van der Waals surface area contributed by atoms with E-state index in [1.54, 1.807) is 0 Å². The van der Waals surface area contributed by atoms with Crippen LogP contribution < -0.4 is 0 Å². The first-order chi connectivity index (χ1) is 4.83. The number of rotatable bonds is 3. The van der Waals surface area contributed by atoms with Gasteiger partial charge in [-0.05, 0) is 23.8 Å². The van der Waals surface area contributed by atoms with Crippen molar-refractivity contribution in [2.45, 2.75) is 34.1 Å². The smallest absolute Gasteiger partial charge is 0.174 e. The van der Waals surface area contributed by atoms with Crippen molar-refractivity contribution in [3.63, 3.8) is 0 Å². The van der Waals surface area contributed by atoms with Gasteiger partial charge >= 0.3 is 0 Å². The Morgan fingerprint density at radius 2 is 1.82 bits per heavy atom. The van der Waals surface area contributed by atoms with Crippen LogP contribution in [0.3, 0.4) is 0 Å². The summed E-state index contributed by atoms with van der Waals surface area (Å²) in [7, 11) is 0. The van der Waals surface area contributed by atoms with Gasteiger partial charge in [-0.2, -0.15) is 8.78 Å². The molecule has 0 saturated carbocycles. The Balaban J connectivity index is 4.11. The van der Waals surface area contributed by atoms with E-state index in [0.29, 0.717) is 5.92 Å². The second kappa shape index (κ2) is 3.84. The molecule has 0 aromatic carbocycles. The summed E-state index contributed by atoms with van der Waals surface area (Å²) in [6, 6.07) is 0. The third-order valence-corrected chi connectivity index (χ3v) is 1.43. The summed E-state index contributed by atoms with van der Waals surface area (Å²) in [6.45, 7) is 7.72. The fourth-order valence-corrected chi connectivity index (χ4v) is 1.41. The first-order valence-electron chi connectivity index (χ1n) is 3.87. The molecule has 0 unspecified atom stereocenters. The molecule has 11 heavy (non-hydrogen) atoms. The predicted octanol–water partition coefficient (Wildman–Crippen LogP) is 3.84. The molecule has 0 rings (SSSR count). The van der Waals surface area contributed by atoms with Crippen LogP contribution in [-0.2, 0) is 0 Å². The van der Waals surface area contributed by atoms with E-state index in [9.17, 15) is 8.78 Å². The van der Waals surface area contributed by atoms with E-state index in [4.69, 9.17) is 0 Å². The van der Waals surface area contributed by atoms with Crippen LogP contribution in [0.1, 0.15) is 34.1 Å². The Kier molecular flexibility index (Phi) is 3.70. The summed E-state index contributed by atoms with van der Waals surface area (Å²) in [5.74, 6) is 0.459. The van der Waals surface area contributed by atoms with Gasteiger partial charge in [0.05, 0.1) is 0 Å². The van der Waals surface area contributed by atoms with Crippen LogP contribution in [0.4, 0.5) is 8.78 Å². The third kappa shape index (κ3) is 6.02. The van der Waals surface area contributed by atoms with Crippen molar-refractivity contribution in [1.29, 1.82) is 0 Å². The van der Waals surface area contributed by atoms with E-state index in [1.165, 1.54) is 0 Å². The van der Waals surface area contributed by atoms with Crippen molar-refractivity contribution in [3.8, 4) is 0 Å². The average molecular weight is 162 g/mol. The Labute approximate surface area is 67.3 Å². The first kappa shape index (κ1) is 10.6. The van der Waals surface area contributed by atoms with Crippen molar-refractivity contribution in [1.82, 2.24) is 0 Å². The van der Waals surface area contributed by atoms with Crippen molar-refractivity contribution < 1.29 is 8.78 Å². The van der Waals surface area contributed by atoms with Crippen LogP contribution in [0, 0.1) is 11.3 Å². The van der Waals surface area contributed by atoms with Crippen LogP contribution in [0.5, 0.6) is 0 Å². The van der Waals surface area contributed by atoms with Crippen LogP contribution in [0.2, 0.25) is 0 Å². The van der Waals surface area contributed by atoms with Gasteiger partial charge in [0, 0.05) is 0 Å². The minimum absolute atomic E-state index is 0.368. The zero-order valence-corrected chi connectivity index (χ0v) is 7.62. The lowest BCUT2D eigenvalue weighted by Crippen LogP contribution is -2.11. The number of hydrogen-bond acceptors (Lipinski definition) is 0. The second-order valence-corrected chi connectivity index (χ2v) is 4.02. The van der Waals surface area contributed by atoms with Crippen molar-refractivity contribution in [2.24, 2.45) is 11.3 Å². The Morgan fingerprint density at radius 3 is 2.09 bits per heavy atom. The molecule has 0 amide bonds. The maximum Gasteiger partial charge on any atom is 0.266 e. The summed E-state index contributed by atoms with van der Waals surface area (Å²) in [6.07, 6.45) is 0.257. The molecule has 0 spiro atoms. The van der Waals surface area contributed by atoms with E-state index in [0.717, 1.165) is 12.5 Å². The molecular weight excluding hydrogens is 146 g/mol. The lowest BCUT2D eigenvalue weighted by Gasteiger charge is -2.21. The molecule has 0 bridgehead atoms. The highest BCUT2D eigenvalue weighted by Crippen LogP contribution is 2.28. The Hall–Kier alpha value is -0.400. The molecule has 0 aliphatic rings. The summed E-state index contributed by atoms with van der Waals surface area (Å²) in [5.41, 5.74) is -0.368. The van der Waals surface area contributed by atoms with Crippen LogP contribution in [0.15, 0.2) is 12.2 Å². The van der Waals surface area contributed by atoms with Crippen LogP contribution in [0.25, 0.3) is 0 Å². The summed E-state index contributed by atoms with van der Waals surface area (Å²) >= 11 is 0. The zero-order valence-electron chi connectivity index (χ0n) is 7.62. The third-order valence-electron chi connectivity index (χ3n) is 1.43. The Bertz CT molecular complexity index is 142. The highest BCUT2D eigenvalue weighted by Gasteiger charge is 2.17. The number of halogens is 2. The van der Waals surface area contributed by atoms with Gasteiger partial charge in [-0.3, -0.25) is 0 Å². The minimum atomic E-state index is -1.57. The molecule has 0 radical (unpaired) electrons. The molecule has 0 nitrogen and oxygen atoms in total. The predicted molar refractivity (Wildman–Crippen MR) is 43.5 cm³/mol. The molecule has 0 aromatic rings. The summed E-state index contributed by atoms with van der Waals surface area (Å²) in [5, 5.41) is 0. The molecule has 0 saturated heterocycles. The maximum atomic E-state index is 11.8. The number of hydrogen-bond donors (Lipinski definition) is 0. The first-order valence-corrected chi connectivity index (χ1v) is 3.87. The summed E-state index contributed by atoms with van der Waals surface area (Å²) in [4.78, 5) is 0. The summed E-state index contributed by atoms with van der Waals surface area (Å²) < 4.78 is 23.7. The lowest BCUT2D eigenvalue weighted by molar-refractivity contribution is 0.334. The molecule has 0 aromatic heterocycles. The van der Waals surface area contributed by atoms with Gasteiger partial charge in [0.1, 0.15) is 0 Å². The van der Waals surface area contributed by atoms with Gasteiger partial charge in [-0.1, -0.05) is 27.7 Å². The average Bonchev–Trinajstić information content (AvgIpc) is 1.53. The number of allylic oxidation sites excluding steroid dienone is 1. The zero-order chi connectivity index (χ0) is 9.07. The van der Waals surface area contributed by atoms with E-state index in [-0.39, 0.29) is 5.41 Å². The van der Waals surface area contributed by atoms with Crippen molar-refractivity contribution in [3.05, 3.63) is 12.2 Å². The van der Waals surface area contributed by atoms with Gasteiger partial charge in [0.25, 0.3) is 6.08 Å².